The molecule has 1 saturated heterocycles. The number of β-amino-alcohol motifs (C(OH)–C–C–N with tert-alkyl or cyclic N) is 1. The number of carbonyl (C=O) groups excluding carboxylic acids is 1. The third-order valence-corrected chi connectivity index (χ3v) is 3.66. The summed E-state index contributed by atoms with van der Waals surface area (Å²) in [7, 11) is 0. The first kappa shape index (κ1) is 15.8. The summed E-state index contributed by atoms with van der Waals surface area (Å²) in [5.41, 5.74) is -0.672. The van der Waals surface area contributed by atoms with Gasteiger partial charge in [0, 0.05) is 6.42 Å². The molecule has 0 aliphatic carbocycles. The zero-order valence-electron chi connectivity index (χ0n) is 12.3. The first-order chi connectivity index (χ1) is 10.0. The number of likely N-dealkylation sites (tertiary alicyclic amines) is 1. The quantitative estimate of drug-likeness (QED) is 0.786. The number of hydrogen-bond donors (Lipinski definition) is 1. The van der Waals surface area contributed by atoms with Crippen LogP contribution >= 0.6 is 0 Å². The van der Waals surface area contributed by atoms with Crippen LogP contribution in [0.4, 0.5) is 4.39 Å². The highest BCUT2D eigenvalue weighted by Gasteiger charge is 2.42. The molecular formula is C16H22FNO3. The molecule has 1 aromatic carbocycles. The third kappa shape index (κ3) is 4.43. The molecule has 1 amide bonds. The molecule has 0 atom stereocenters. The van der Waals surface area contributed by atoms with Crippen LogP contribution in [0.5, 0.6) is 5.75 Å². The van der Waals surface area contributed by atoms with Crippen molar-refractivity contribution < 1.29 is 19.0 Å². The largest absolute Gasteiger partial charge is 0.494 e. The van der Waals surface area contributed by atoms with Gasteiger partial charge in [-0.3, -0.25) is 4.79 Å². The van der Waals surface area contributed by atoms with Crippen LogP contribution in [0, 0.1) is 5.82 Å². The van der Waals surface area contributed by atoms with E-state index >= 15 is 0 Å². The van der Waals surface area contributed by atoms with E-state index in [2.05, 4.69) is 0 Å². The van der Waals surface area contributed by atoms with Crippen LogP contribution in [0.15, 0.2) is 24.3 Å². The van der Waals surface area contributed by atoms with Crippen molar-refractivity contribution in [3.05, 3.63) is 30.1 Å². The molecule has 0 unspecified atom stereocenters. The fourth-order valence-corrected chi connectivity index (χ4v) is 2.57. The van der Waals surface area contributed by atoms with Gasteiger partial charge in [0.05, 0.1) is 25.3 Å². The van der Waals surface area contributed by atoms with E-state index in [1.165, 1.54) is 12.1 Å². The zero-order chi connectivity index (χ0) is 15.3. The van der Waals surface area contributed by atoms with E-state index in [1.54, 1.807) is 17.0 Å². The fourth-order valence-electron chi connectivity index (χ4n) is 2.57. The minimum Gasteiger partial charge on any atom is -0.494 e. The van der Waals surface area contributed by atoms with Crippen LogP contribution in [0.1, 0.15) is 32.6 Å². The molecule has 116 valence electrons. The molecule has 1 aliphatic heterocycles. The van der Waals surface area contributed by atoms with Gasteiger partial charge in [0.15, 0.2) is 0 Å². The average molecular weight is 295 g/mol. The first-order valence-corrected chi connectivity index (χ1v) is 7.41. The molecule has 21 heavy (non-hydrogen) atoms. The van der Waals surface area contributed by atoms with Gasteiger partial charge in [0.2, 0.25) is 5.91 Å². The summed E-state index contributed by atoms with van der Waals surface area (Å²) in [6.07, 6.45) is 2.68. The van der Waals surface area contributed by atoms with E-state index in [4.69, 9.17) is 4.74 Å². The molecule has 4 nitrogen and oxygen atoms in total. The lowest BCUT2D eigenvalue weighted by atomic mass is 9.89. The highest BCUT2D eigenvalue weighted by Crippen LogP contribution is 2.26. The molecule has 2 rings (SSSR count). The van der Waals surface area contributed by atoms with Crippen molar-refractivity contribution >= 4 is 5.91 Å². The molecule has 0 aromatic heterocycles. The maximum atomic E-state index is 12.7. The molecule has 0 spiro atoms. The van der Waals surface area contributed by atoms with E-state index in [-0.39, 0.29) is 11.7 Å². The second kappa shape index (κ2) is 6.89. The van der Waals surface area contributed by atoms with Gasteiger partial charge in [0.25, 0.3) is 0 Å². The summed E-state index contributed by atoms with van der Waals surface area (Å²) in [4.78, 5) is 13.6. The molecule has 1 N–H and O–H groups in total. The monoisotopic (exact) mass is 295 g/mol. The van der Waals surface area contributed by atoms with Crippen LogP contribution in [0.25, 0.3) is 0 Å². The number of ether oxygens (including phenoxy) is 1. The van der Waals surface area contributed by atoms with Gasteiger partial charge >= 0.3 is 0 Å². The summed E-state index contributed by atoms with van der Waals surface area (Å²) in [6.45, 7) is 3.33. The number of benzene rings is 1. The van der Waals surface area contributed by atoms with Crippen molar-refractivity contribution in [2.75, 3.05) is 19.7 Å². The first-order valence-electron chi connectivity index (χ1n) is 7.41. The number of aliphatic hydroxyl groups is 1. The molecule has 0 bridgehead atoms. The van der Waals surface area contributed by atoms with E-state index in [9.17, 15) is 14.3 Å². The average Bonchev–Trinajstić information content (AvgIpc) is 2.43. The Labute approximate surface area is 124 Å². The molecule has 1 aromatic rings. The van der Waals surface area contributed by atoms with Gasteiger partial charge in [-0.1, -0.05) is 13.3 Å². The summed E-state index contributed by atoms with van der Waals surface area (Å²) >= 11 is 0. The Hall–Kier alpha value is -1.62. The Kier molecular flexibility index (Phi) is 5.17. The molecule has 1 heterocycles. The summed E-state index contributed by atoms with van der Waals surface area (Å²) in [6, 6.07) is 5.82. The van der Waals surface area contributed by atoms with Crippen LogP contribution in [-0.4, -0.2) is 41.2 Å². The Balaban J connectivity index is 1.61. The zero-order valence-corrected chi connectivity index (χ0v) is 12.3. The van der Waals surface area contributed by atoms with Crippen LogP contribution < -0.4 is 4.74 Å². The standard InChI is InChI=1S/C16H22FNO3/c1-2-9-16(20)11-18(12-16)15(19)4-3-10-21-14-7-5-13(17)6-8-14/h5-8,20H,2-4,9-12H2,1H3. The van der Waals surface area contributed by atoms with Crippen LogP contribution in [0.2, 0.25) is 0 Å². The van der Waals surface area contributed by atoms with Crippen LogP contribution in [0.3, 0.4) is 0 Å². The lowest BCUT2D eigenvalue weighted by molar-refractivity contribution is -0.156. The normalized spacial score (nSPS) is 16.4. The van der Waals surface area contributed by atoms with E-state index < -0.39 is 5.60 Å². The van der Waals surface area contributed by atoms with Gasteiger partial charge < -0.3 is 14.7 Å². The minimum absolute atomic E-state index is 0.0542. The number of halogens is 1. The maximum absolute atomic E-state index is 12.7. The summed E-state index contributed by atoms with van der Waals surface area (Å²) < 4.78 is 18.1. The Morgan fingerprint density at radius 3 is 2.67 bits per heavy atom. The van der Waals surface area contributed by atoms with Gasteiger partial charge in [-0.05, 0) is 37.1 Å². The number of hydrogen-bond acceptors (Lipinski definition) is 3. The third-order valence-electron chi connectivity index (χ3n) is 3.66. The number of nitrogens with zero attached hydrogens (tertiary/aromatic N) is 1. The molecule has 1 aliphatic rings. The van der Waals surface area contributed by atoms with Crippen molar-refractivity contribution in [3.8, 4) is 5.75 Å². The van der Waals surface area contributed by atoms with Crippen molar-refractivity contribution in [2.24, 2.45) is 0 Å². The molecule has 0 radical (unpaired) electrons. The van der Waals surface area contributed by atoms with Crippen molar-refractivity contribution in [2.45, 2.75) is 38.2 Å². The Morgan fingerprint density at radius 1 is 1.38 bits per heavy atom. The SMILES string of the molecule is CCCC1(O)CN(C(=O)CCCOc2ccc(F)cc2)C1. The smallest absolute Gasteiger partial charge is 0.222 e. The molecule has 1 fully saturated rings. The number of rotatable bonds is 7. The Morgan fingerprint density at radius 2 is 2.05 bits per heavy atom. The van der Waals surface area contributed by atoms with E-state index in [0.717, 1.165) is 12.8 Å². The van der Waals surface area contributed by atoms with Gasteiger partial charge in [-0.25, -0.2) is 4.39 Å². The highest BCUT2D eigenvalue weighted by atomic mass is 19.1. The van der Waals surface area contributed by atoms with Crippen LogP contribution in [-0.2, 0) is 4.79 Å². The van der Waals surface area contributed by atoms with E-state index in [1.807, 2.05) is 6.92 Å². The molecule has 5 heteroatoms. The van der Waals surface area contributed by atoms with Crippen molar-refractivity contribution in [1.82, 2.24) is 4.90 Å². The lowest BCUT2D eigenvalue weighted by Gasteiger charge is -2.46. The second-order valence-corrected chi connectivity index (χ2v) is 5.63. The van der Waals surface area contributed by atoms with Gasteiger partial charge in [-0.2, -0.15) is 0 Å². The molecule has 0 saturated carbocycles. The molecular weight excluding hydrogens is 273 g/mol. The Bertz CT molecular complexity index is 469. The van der Waals surface area contributed by atoms with E-state index in [0.29, 0.717) is 38.3 Å². The van der Waals surface area contributed by atoms with Gasteiger partial charge in [-0.15, -0.1) is 0 Å². The number of carbonyl (C=O) groups is 1. The maximum Gasteiger partial charge on any atom is 0.222 e. The van der Waals surface area contributed by atoms with Crippen molar-refractivity contribution in [1.29, 1.82) is 0 Å². The minimum atomic E-state index is -0.672. The predicted molar refractivity (Wildman–Crippen MR) is 77.6 cm³/mol. The van der Waals surface area contributed by atoms with Crippen molar-refractivity contribution in [3.63, 3.8) is 0 Å². The summed E-state index contributed by atoms with van der Waals surface area (Å²) in [5.74, 6) is 0.360. The fraction of sp³-hybridized carbons (Fsp3) is 0.562. The highest BCUT2D eigenvalue weighted by molar-refractivity contribution is 5.77. The van der Waals surface area contributed by atoms with Gasteiger partial charge in [0.1, 0.15) is 11.6 Å². The predicted octanol–water partition coefficient (Wildman–Crippen LogP) is 2.36. The lowest BCUT2D eigenvalue weighted by Crippen LogP contribution is -2.63. The topological polar surface area (TPSA) is 49.8 Å². The summed E-state index contributed by atoms with van der Waals surface area (Å²) in [5, 5.41) is 10.0. The second-order valence-electron chi connectivity index (χ2n) is 5.63. The number of amides is 1.